The Kier molecular flexibility index (Phi) is 4.71. The van der Waals surface area contributed by atoms with E-state index in [2.05, 4.69) is 5.32 Å². The number of phenolic OH excluding ortho intramolecular Hbond substituents is 2. The molecule has 2 aromatic carbocycles. The number of nitrogens with two attached hydrogens (primary N) is 1. The van der Waals surface area contributed by atoms with Gasteiger partial charge in [-0.3, -0.25) is 19.3 Å². The summed E-state index contributed by atoms with van der Waals surface area (Å²) in [7, 11) is 0. The van der Waals surface area contributed by atoms with E-state index in [0.29, 0.717) is 37.1 Å². The zero-order valence-electron chi connectivity index (χ0n) is 17.5. The summed E-state index contributed by atoms with van der Waals surface area (Å²) < 4.78 is 0. The van der Waals surface area contributed by atoms with Crippen molar-refractivity contribution in [3.63, 3.8) is 0 Å². The van der Waals surface area contributed by atoms with E-state index in [9.17, 15) is 34.8 Å². The Morgan fingerprint density at radius 2 is 1.85 bits per heavy atom. The second-order valence-corrected chi connectivity index (χ2v) is 8.72. The summed E-state index contributed by atoms with van der Waals surface area (Å²) in [6.45, 7) is 1.97. The number of piperazine rings is 1. The maximum absolute atomic E-state index is 13.7. The molecule has 1 heterocycles. The summed E-state index contributed by atoms with van der Waals surface area (Å²) in [5.41, 5.74) is 2.02. The Bertz CT molecular complexity index is 1260. The molecule has 0 bridgehead atoms. The fourth-order valence-corrected chi connectivity index (χ4v) is 5.51. The van der Waals surface area contributed by atoms with Crippen molar-refractivity contribution in [2.45, 2.75) is 18.1 Å². The van der Waals surface area contributed by atoms with Crippen LogP contribution in [-0.2, 0) is 16.0 Å². The first kappa shape index (κ1) is 21.4. The summed E-state index contributed by atoms with van der Waals surface area (Å²) in [6, 6.07) is 5.14. The zero-order chi connectivity index (χ0) is 23.7. The van der Waals surface area contributed by atoms with Gasteiger partial charge in [0.1, 0.15) is 22.8 Å². The fourth-order valence-electron chi connectivity index (χ4n) is 5.51. The van der Waals surface area contributed by atoms with E-state index >= 15 is 0 Å². The average molecular weight is 453 g/mol. The van der Waals surface area contributed by atoms with Gasteiger partial charge in [0.15, 0.2) is 11.4 Å². The minimum Gasteiger partial charge on any atom is -0.508 e. The van der Waals surface area contributed by atoms with Crippen molar-refractivity contribution in [1.29, 1.82) is 0 Å². The molecular formula is C23H23N3O7. The molecule has 7 N–H and O–H groups in total. The van der Waals surface area contributed by atoms with Gasteiger partial charge in [0, 0.05) is 32.1 Å². The lowest BCUT2D eigenvalue weighted by Gasteiger charge is -2.49. The van der Waals surface area contributed by atoms with Crippen LogP contribution in [0.15, 0.2) is 35.6 Å². The standard InChI is InChI=1S/C23H23N3O7/c24-22(32)16-19(29)17(26-6-4-25-5-7-26)12-9-11-8-10-2-1-3-13(27)14(10)18(28)15(11)20(30)23(12,33)21(16)31/h1-3,8,12,17,25,27-28,31,33H,4-7,9H2,(H2,24,32)/t12-,17+,23-/m0/s1. The molecule has 3 atom stereocenters. The highest BCUT2D eigenvalue weighted by Gasteiger charge is 2.62. The Labute approximate surface area is 187 Å². The number of rotatable bonds is 2. The van der Waals surface area contributed by atoms with Crippen molar-refractivity contribution in [1.82, 2.24) is 10.2 Å². The van der Waals surface area contributed by atoms with Gasteiger partial charge in [0.05, 0.1) is 17.0 Å². The SMILES string of the molecule is NC(=O)C1=C(O)[C@@]2(O)C(=O)c3c(cc4cccc(O)c4c3O)C[C@H]2[C@@H](N2CCNCC2)C1=O. The van der Waals surface area contributed by atoms with Gasteiger partial charge in [-0.25, -0.2) is 0 Å². The second-order valence-electron chi connectivity index (χ2n) is 8.72. The number of fused-ring (bicyclic) bond motifs is 3. The molecule has 3 aliphatic rings. The van der Waals surface area contributed by atoms with Crippen LogP contribution in [0.1, 0.15) is 15.9 Å². The van der Waals surface area contributed by atoms with E-state index < -0.39 is 52.1 Å². The van der Waals surface area contributed by atoms with Crippen molar-refractivity contribution < 1.29 is 34.8 Å². The van der Waals surface area contributed by atoms with E-state index in [4.69, 9.17) is 5.73 Å². The van der Waals surface area contributed by atoms with Crippen molar-refractivity contribution in [2.24, 2.45) is 11.7 Å². The van der Waals surface area contributed by atoms with Gasteiger partial charge in [-0.15, -0.1) is 0 Å². The number of nitrogens with one attached hydrogen (secondary N) is 1. The van der Waals surface area contributed by atoms with Gasteiger partial charge in [0.25, 0.3) is 5.91 Å². The van der Waals surface area contributed by atoms with E-state index in [1.54, 1.807) is 23.1 Å². The van der Waals surface area contributed by atoms with Crippen LogP contribution in [-0.4, -0.2) is 80.6 Å². The first-order valence-corrected chi connectivity index (χ1v) is 10.6. The van der Waals surface area contributed by atoms with Gasteiger partial charge < -0.3 is 31.5 Å². The largest absolute Gasteiger partial charge is 0.508 e. The van der Waals surface area contributed by atoms with Crippen LogP contribution < -0.4 is 11.1 Å². The Morgan fingerprint density at radius 3 is 2.52 bits per heavy atom. The Balaban J connectivity index is 1.77. The summed E-state index contributed by atoms with van der Waals surface area (Å²) in [5, 5.41) is 47.3. The number of carbonyl (C=O) groups excluding carboxylic acids is 3. The number of primary amides is 1. The van der Waals surface area contributed by atoms with E-state index in [1.807, 2.05) is 0 Å². The number of phenols is 2. The number of amides is 1. The summed E-state index contributed by atoms with van der Waals surface area (Å²) in [5.74, 6) is -6.05. The van der Waals surface area contributed by atoms with Gasteiger partial charge in [0.2, 0.25) is 5.78 Å². The molecule has 33 heavy (non-hydrogen) atoms. The second kappa shape index (κ2) is 7.27. The predicted octanol–water partition coefficient (Wildman–Crippen LogP) is -0.509. The van der Waals surface area contributed by atoms with E-state index in [-0.39, 0.29) is 23.1 Å². The highest BCUT2D eigenvalue weighted by Crippen LogP contribution is 2.49. The molecule has 2 aliphatic carbocycles. The Morgan fingerprint density at radius 1 is 1.15 bits per heavy atom. The third-order valence-corrected chi connectivity index (χ3v) is 7.03. The van der Waals surface area contributed by atoms with Crippen LogP contribution in [0, 0.1) is 5.92 Å². The van der Waals surface area contributed by atoms with Crippen LogP contribution in [0.25, 0.3) is 10.8 Å². The van der Waals surface area contributed by atoms with Crippen molar-refractivity contribution in [3.05, 3.63) is 46.7 Å². The molecule has 1 amide bonds. The molecule has 0 radical (unpaired) electrons. The highest BCUT2D eigenvalue weighted by molar-refractivity contribution is 6.25. The van der Waals surface area contributed by atoms with Crippen LogP contribution >= 0.6 is 0 Å². The first-order valence-electron chi connectivity index (χ1n) is 10.6. The number of aromatic hydroxyl groups is 2. The minimum atomic E-state index is -2.64. The first-order chi connectivity index (χ1) is 15.7. The maximum Gasteiger partial charge on any atom is 0.255 e. The molecule has 10 nitrogen and oxygen atoms in total. The van der Waals surface area contributed by atoms with Crippen molar-refractivity contribution in [3.8, 4) is 11.5 Å². The fraction of sp³-hybridized carbons (Fsp3) is 0.348. The number of Topliss-reactive ketones (excluding diaryl/α,β-unsaturated/α-hetero) is 2. The number of aliphatic hydroxyl groups is 2. The predicted molar refractivity (Wildman–Crippen MR) is 116 cm³/mol. The molecule has 0 aromatic heterocycles. The quantitative estimate of drug-likeness (QED) is 0.327. The van der Waals surface area contributed by atoms with Crippen molar-refractivity contribution in [2.75, 3.05) is 26.2 Å². The molecule has 0 saturated carbocycles. The number of hydrogen-bond donors (Lipinski definition) is 6. The van der Waals surface area contributed by atoms with E-state index in [0.717, 1.165) is 0 Å². The van der Waals surface area contributed by atoms with Gasteiger partial charge in [-0.2, -0.15) is 0 Å². The third kappa shape index (κ3) is 2.81. The number of benzene rings is 2. The van der Waals surface area contributed by atoms with Crippen LogP contribution in [0.4, 0.5) is 0 Å². The van der Waals surface area contributed by atoms with Crippen LogP contribution in [0.2, 0.25) is 0 Å². The molecule has 1 saturated heterocycles. The molecule has 1 fully saturated rings. The lowest BCUT2D eigenvalue weighted by molar-refractivity contribution is -0.134. The molecule has 10 heteroatoms. The molecule has 1 aliphatic heterocycles. The molecule has 172 valence electrons. The summed E-state index contributed by atoms with van der Waals surface area (Å²) in [4.78, 5) is 40.9. The van der Waals surface area contributed by atoms with Crippen LogP contribution in [0.3, 0.4) is 0 Å². The molecule has 0 spiro atoms. The number of hydrogen-bond acceptors (Lipinski definition) is 9. The summed E-state index contributed by atoms with van der Waals surface area (Å²) in [6.07, 6.45) is -0.0346. The molecular weight excluding hydrogens is 430 g/mol. The average Bonchev–Trinajstić information content (AvgIpc) is 2.77. The smallest absolute Gasteiger partial charge is 0.255 e. The minimum absolute atomic E-state index is 0.0239. The highest BCUT2D eigenvalue weighted by atomic mass is 16.3. The zero-order valence-corrected chi connectivity index (χ0v) is 17.5. The topological polar surface area (TPSA) is 173 Å². The van der Waals surface area contributed by atoms with Crippen LogP contribution in [0.5, 0.6) is 11.5 Å². The summed E-state index contributed by atoms with van der Waals surface area (Å²) >= 11 is 0. The van der Waals surface area contributed by atoms with Gasteiger partial charge in [-0.05, 0) is 23.4 Å². The Hall–Kier alpha value is -3.47. The lowest BCUT2D eigenvalue weighted by Crippen LogP contribution is -2.67. The third-order valence-electron chi connectivity index (χ3n) is 7.03. The number of aliphatic hydroxyl groups excluding tert-OH is 1. The lowest BCUT2D eigenvalue weighted by atomic mass is 9.61. The monoisotopic (exact) mass is 453 g/mol. The van der Waals surface area contributed by atoms with Crippen molar-refractivity contribution >= 4 is 28.2 Å². The van der Waals surface area contributed by atoms with E-state index in [1.165, 1.54) is 6.07 Å². The molecule has 0 unspecified atom stereocenters. The molecule has 2 aromatic rings. The maximum atomic E-state index is 13.7. The number of ketones is 2. The van der Waals surface area contributed by atoms with Gasteiger partial charge in [-0.1, -0.05) is 18.2 Å². The number of carbonyl (C=O) groups is 3. The number of nitrogens with zero attached hydrogens (tertiary/aromatic N) is 1. The normalized spacial score (nSPS) is 28.0. The molecule has 5 rings (SSSR count). The van der Waals surface area contributed by atoms with Gasteiger partial charge >= 0.3 is 0 Å².